The average Bonchev–Trinajstić information content (AvgIpc) is 3.17. The Kier molecular flexibility index (Phi) is 8.25. The van der Waals surface area contributed by atoms with Crippen molar-refractivity contribution in [1.82, 2.24) is 14.6 Å². The third-order valence-corrected chi connectivity index (χ3v) is 8.28. The number of benzene rings is 1. The van der Waals surface area contributed by atoms with Gasteiger partial charge < -0.3 is 10.2 Å². The van der Waals surface area contributed by atoms with Crippen LogP contribution in [-0.2, 0) is 4.79 Å². The zero-order chi connectivity index (χ0) is 23.4. The van der Waals surface area contributed by atoms with E-state index in [9.17, 15) is 14.0 Å². The highest BCUT2D eigenvalue weighted by atomic mass is 35.5. The summed E-state index contributed by atoms with van der Waals surface area (Å²) in [6, 6.07) is 4.85. The van der Waals surface area contributed by atoms with Gasteiger partial charge in [0, 0.05) is 12.1 Å². The van der Waals surface area contributed by atoms with Gasteiger partial charge >= 0.3 is 0 Å². The van der Waals surface area contributed by atoms with E-state index >= 15 is 0 Å². The molecule has 1 aromatic carbocycles. The van der Waals surface area contributed by atoms with Crippen LogP contribution in [0.15, 0.2) is 24.3 Å². The minimum Gasteiger partial charge on any atom is -0.351 e. The van der Waals surface area contributed by atoms with Crippen LogP contribution in [0.4, 0.5) is 4.39 Å². The molecule has 4 rings (SSSR count). The second-order valence-corrected chi connectivity index (χ2v) is 10.7. The Bertz CT molecular complexity index is 973. The molecule has 1 atom stereocenters. The number of nitrogens with one attached hydrogen (secondary N) is 1. The third-order valence-electron chi connectivity index (χ3n) is 6.67. The lowest BCUT2D eigenvalue weighted by atomic mass is 9.90. The molecule has 0 saturated heterocycles. The molecular weight excluding hydrogens is 484 g/mol. The van der Waals surface area contributed by atoms with Crippen LogP contribution in [0.25, 0.3) is 0 Å². The Morgan fingerprint density at radius 2 is 1.61 bits per heavy atom. The summed E-state index contributed by atoms with van der Waals surface area (Å²) >= 11 is 13.4. The summed E-state index contributed by atoms with van der Waals surface area (Å²) in [5, 5.41) is 3.28. The Morgan fingerprint density at radius 1 is 1.00 bits per heavy atom. The van der Waals surface area contributed by atoms with Gasteiger partial charge in [-0.25, -0.2) is 4.39 Å². The molecule has 2 fully saturated rings. The topological polar surface area (TPSA) is 62.3 Å². The van der Waals surface area contributed by atoms with Crippen molar-refractivity contribution in [3.8, 4) is 0 Å². The first-order chi connectivity index (χ1) is 16.0. The average molecular weight is 512 g/mol. The van der Waals surface area contributed by atoms with Crippen molar-refractivity contribution in [3.63, 3.8) is 0 Å². The number of amides is 2. The summed E-state index contributed by atoms with van der Waals surface area (Å²) in [5.74, 6) is -1.05. The number of carbonyl (C=O) groups excluding carboxylic acids is 2. The zero-order valence-electron chi connectivity index (χ0n) is 18.4. The van der Waals surface area contributed by atoms with E-state index in [0.717, 1.165) is 69.3 Å². The molecule has 178 valence electrons. The number of hydrogen-bond donors (Lipinski definition) is 1. The molecule has 9 heteroatoms. The molecule has 1 aromatic heterocycles. The number of aromatic nitrogens is 1. The smallest absolute Gasteiger partial charge is 0.276 e. The predicted octanol–water partition coefficient (Wildman–Crippen LogP) is 6.55. The summed E-state index contributed by atoms with van der Waals surface area (Å²) in [7, 11) is 0. The Balaban J connectivity index is 1.74. The lowest BCUT2D eigenvalue weighted by Crippen LogP contribution is -2.51. The Morgan fingerprint density at radius 3 is 2.18 bits per heavy atom. The quantitative estimate of drug-likeness (QED) is 0.477. The number of carbonyl (C=O) groups is 2. The number of hydrogen-bond acceptors (Lipinski definition) is 4. The largest absolute Gasteiger partial charge is 0.351 e. The monoisotopic (exact) mass is 511 g/mol. The molecule has 5 nitrogen and oxygen atoms in total. The lowest BCUT2D eigenvalue weighted by Gasteiger charge is -2.40. The molecule has 2 aliphatic carbocycles. The van der Waals surface area contributed by atoms with Gasteiger partial charge in [0.15, 0.2) is 5.69 Å². The highest BCUT2D eigenvalue weighted by molar-refractivity contribution is 7.11. The normalized spacial score (nSPS) is 18.6. The fourth-order valence-corrected chi connectivity index (χ4v) is 5.97. The molecule has 2 aliphatic rings. The van der Waals surface area contributed by atoms with Crippen molar-refractivity contribution in [2.45, 2.75) is 82.3 Å². The van der Waals surface area contributed by atoms with Crippen LogP contribution in [0.3, 0.4) is 0 Å². The standard InChI is InChI=1S/C24H28Cl2FN3O2S/c25-19-20(29-33-22(19)26)24(32)30(18-9-5-2-6-10-18)21(15-11-13-16(27)14-12-15)23(31)28-17-7-3-1-4-8-17/h11-14,17-18,21H,1-10H2,(H,28,31). The van der Waals surface area contributed by atoms with Crippen LogP contribution in [-0.4, -0.2) is 33.2 Å². The SMILES string of the molecule is O=C(NC1CCCCC1)C(c1ccc(F)cc1)N(C(=O)c1nsc(Cl)c1Cl)C1CCCCC1. The summed E-state index contributed by atoms with van der Waals surface area (Å²) in [6.07, 6.45) is 9.78. The van der Waals surface area contributed by atoms with Gasteiger partial charge in [0.05, 0.1) is 0 Å². The lowest BCUT2D eigenvalue weighted by molar-refractivity contribution is -0.127. The maximum Gasteiger partial charge on any atom is 0.276 e. The van der Waals surface area contributed by atoms with Crippen LogP contribution < -0.4 is 5.32 Å². The number of rotatable bonds is 6. The maximum absolute atomic E-state index is 13.8. The van der Waals surface area contributed by atoms with Crippen molar-refractivity contribution in [2.24, 2.45) is 0 Å². The first-order valence-electron chi connectivity index (χ1n) is 11.6. The van der Waals surface area contributed by atoms with E-state index in [2.05, 4.69) is 9.69 Å². The van der Waals surface area contributed by atoms with Gasteiger partial charge in [0.2, 0.25) is 5.91 Å². The minimum absolute atomic E-state index is 0.0646. The summed E-state index contributed by atoms with van der Waals surface area (Å²) < 4.78 is 18.2. The molecule has 1 heterocycles. The Labute approximate surface area is 207 Å². The van der Waals surface area contributed by atoms with Gasteiger partial charge in [-0.15, -0.1) is 0 Å². The van der Waals surface area contributed by atoms with Gasteiger partial charge in [0.1, 0.15) is 21.2 Å². The summed E-state index contributed by atoms with van der Waals surface area (Å²) in [6.45, 7) is 0. The molecule has 33 heavy (non-hydrogen) atoms. The number of nitrogens with zero attached hydrogens (tertiary/aromatic N) is 2. The minimum atomic E-state index is -0.903. The zero-order valence-corrected chi connectivity index (χ0v) is 20.7. The summed E-state index contributed by atoms with van der Waals surface area (Å²) in [5.41, 5.74) is 0.635. The van der Waals surface area contributed by atoms with E-state index in [1.165, 1.54) is 18.6 Å². The fraction of sp³-hybridized carbons (Fsp3) is 0.542. The first-order valence-corrected chi connectivity index (χ1v) is 13.2. The van der Waals surface area contributed by atoms with Crippen LogP contribution in [0.5, 0.6) is 0 Å². The second-order valence-electron chi connectivity index (χ2n) is 8.92. The molecule has 1 N–H and O–H groups in total. The predicted molar refractivity (Wildman–Crippen MR) is 129 cm³/mol. The molecule has 1 unspecified atom stereocenters. The van der Waals surface area contributed by atoms with Crippen LogP contribution in [0.2, 0.25) is 9.36 Å². The van der Waals surface area contributed by atoms with Crippen LogP contribution in [0.1, 0.15) is 86.3 Å². The van der Waals surface area contributed by atoms with E-state index in [-0.39, 0.29) is 33.0 Å². The molecule has 0 bridgehead atoms. The second kappa shape index (κ2) is 11.2. The van der Waals surface area contributed by atoms with Crippen LogP contribution >= 0.6 is 34.7 Å². The molecular formula is C24H28Cl2FN3O2S. The van der Waals surface area contributed by atoms with Gasteiger partial charge in [-0.05, 0) is 54.9 Å². The molecule has 0 aliphatic heterocycles. The third kappa shape index (κ3) is 5.69. The van der Waals surface area contributed by atoms with Crippen molar-refractivity contribution in [3.05, 3.63) is 50.7 Å². The molecule has 2 saturated carbocycles. The molecule has 2 amide bonds. The fourth-order valence-electron chi connectivity index (χ4n) is 4.98. The van der Waals surface area contributed by atoms with Crippen molar-refractivity contribution < 1.29 is 14.0 Å². The van der Waals surface area contributed by atoms with E-state index in [0.29, 0.717) is 5.56 Å². The van der Waals surface area contributed by atoms with E-state index < -0.39 is 17.8 Å². The van der Waals surface area contributed by atoms with Gasteiger partial charge in [0.25, 0.3) is 5.91 Å². The van der Waals surface area contributed by atoms with E-state index in [1.807, 2.05) is 0 Å². The first kappa shape index (κ1) is 24.4. The summed E-state index contributed by atoms with van der Waals surface area (Å²) in [4.78, 5) is 29.2. The van der Waals surface area contributed by atoms with Gasteiger partial charge in [-0.2, -0.15) is 4.37 Å². The number of halogens is 3. The van der Waals surface area contributed by atoms with E-state index in [1.54, 1.807) is 17.0 Å². The van der Waals surface area contributed by atoms with Crippen molar-refractivity contribution in [1.29, 1.82) is 0 Å². The van der Waals surface area contributed by atoms with Crippen LogP contribution in [0, 0.1) is 5.82 Å². The molecule has 0 spiro atoms. The van der Waals surface area contributed by atoms with Gasteiger partial charge in [-0.1, -0.05) is 73.9 Å². The van der Waals surface area contributed by atoms with Gasteiger partial charge in [-0.3, -0.25) is 9.59 Å². The highest BCUT2D eigenvalue weighted by Crippen LogP contribution is 2.36. The maximum atomic E-state index is 13.8. The van der Waals surface area contributed by atoms with Crippen molar-refractivity contribution in [2.75, 3.05) is 0 Å². The van der Waals surface area contributed by atoms with E-state index in [4.69, 9.17) is 23.2 Å². The Hall–Kier alpha value is -1.70. The highest BCUT2D eigenvalue weighted by Gasteiger charge is 2.39. The molecule has 2 aromatic rings. The van der Waals surface area contributed by atoms with Crippen molar-refractivity contribution >= 4 is 46.5 Å². The molecule has 0 radical (unpaired) electrons.